The Balaban J connectivity index is 2.16. The first-order valence-corrected chi connectivity index (χ1v) is 5.73. The molecule has 0 aromatic carbocycles. The van der Waals surface area contributed by atoms with Crippen LogP contribution in [0.2, 0.25) is 0 Å². The molecular weight excluding hydrogens is 220 g/mol. The molecular formula is C11H16N4O2. The van der Waals surface area contributed by atoms with Gasteiger partial charge >= 0.3 is 5.82 Å². The van der Waals surface area contributed by atoms with Gasteiger partial charge in [-0.25, -0.2) is 0 Å². The van der Waals surface area contributed by atoms with E-state index in [0.717, 1.165) is 31.6 Å². The number of aromatic nitrogens is 1. The van der Waals surface area contributed by atoms with E-state index in [1.54, 1.807) is 0 Å². The van der Waals surface area contributed by atoms with Gasteiger partial charge in [0.15, 0.2) is 0 Å². The Hall–Kier alpha value is -1.69. The number of nitrogens with zero attached hydrogens (tertiary/aromatic N) is 3. The molecule has 1 aromatic rings. The molecule has 92 valence electrons. The topological polar surface area (TPSA) is 71.3 Å². The van der Waals surface area contributed by atoms with E-state index in [1.165, 1.54) is 12.3 Å². The van der Waals surface area contributed by atoms with Crippen molar-refractivity contribution in [3.63, 3.8) is 0 Å². The number of hydrogen-bond donors (Lipinski definition) is 1. The zero-order valence-electron chi connectivity index (χ0n) is 9.80. The van der Waals surface area contributed by atoms with Crippen molar-refractivity contribution in [2.45, 2.75) is 18.9 Å². The summed E-state index contributed by atoms with van der Waals surface area (Å²) in [7, 11) is 1.95. The van der Waals surface area contributed by atoms with Gasteiger partial charge in [0.2, 0.25) is 0 Å². The smallest absolute Gasteiger partial charge is 0.365 e. The molecule has 0 bridgehead atoms. The molecule has 2 rings (SSSR count). The minimum absolute atomic E-state index is 0.0888. The number of nitrogens with one attached hydrogen (secondary N) is 1. The molecule has 0 aliphatic carbocycles. The van der Waals surface area contributed by atoms with Crippen LogP contribution in [-0.2, 0) is 0 Å². The van der Waals surface area contributed by atoms with Crippen LogP contribution in [-0.4, -0.2) is 36.1 Å². The lowest BCUT2D eigenvalue weighted by atomic mass is 10.1. The zero-order chi connectivity index (χ0) is 12.3. The largest absolute Gasteiger partial charge is 0.370 e. The molecule has 0 saturated carbocycles. The number of nitro groups is 1. The summed E-state index contributed by atoms with van der Waals surface area (Å²) in [6, 6.07) is 3.82. The molecule has 0 unspecified atom stereocenters. The third-order valence-electron chi connectivity index (χ3n) is 3.11. The molecule has 0 spiro atoms. The summed E-state index contributed by atoms with van der Waals surface area (Å²) in [6.07, 6.45) is 3.75. The van der Waals surface area contributed by atoms with E-state index < -0.39 is 4.92 Å². The highest BCUT2D eigenvalue weighted by atomic mass is 16.6. The van der Waals surface area contributed by atoms with Crippen LogP contribution in [0.5, 0.6) is 0 Å². The van der Waals surface area contributed by atoms with E-state index in [-0.39, 0.29) is 5.82 Å². The van der Waals surface area contributed by atoms with Crippen LogP contribution in [0.15, 0.2) is 18.3 Å². The summed E-state index contributed by atoms with van der Waals surface area (Å²) < 4.78 is 0. The van der Waals surface area contributed by atoms with Gasteiger partial charge in [-0.1, -0.05) is 0 Å². The molecule has 0 radical (unpaired) electrons. The Morgan fingerprint density at radius 3 is 3.18 bits per heavy atom. The lowest BCUT2D eigenvalue weighted by molar-refractivity contribution is -0.389. The van der Waals surface area contributed by atoms with Crippen LogP contribution in [0.4, 0.5) is 11.5 Å². The lowest BCUT2D eigenvalue weighted by Gasteiger charge is -2.33. The fourth-order valence-corrected chi connectivity index (χ4v) is 2.15. The van der Waals surface area contributed by atoms with Crippen molar-refractivity contribution in [2.75, 3.05) is 25.0 Å². The van der Waals surface area contributed by atoms with Crippen molar-refractivity contribution in [2.24, 2.45) is 0 Å². The van der Waals surface area contributed by atoms with Gasteiger partial charge in [0.05, 0.1) is 6.07 Å². The number of anilines is 1. The predicted octanol–water partition coefficient (Wildman–Crippen LogP) is 1.18. The normalized spacial score (nSPS) is 20.3. The molecule has 6 nitrogen and oxygen atoms in total. The van der Waals surface area contributed by atoms with E-state index >= 15 is 0 Å². The van der Waals surface area contributed by atoms with E-state index in [1.807, 2.05) is 13.1 Å². The van der Waals surface area contributed by atoms with Crippen molar-refractivity contribution in [1.29, 1.82) is 0 Å². The van der Waals surface area contributed by atoms with E-state index in [4.69, 9.17) is 0 Å². The van der Waals surface area contributed by atoms with Gasteiger partial charge in [-0.05, 0) is 29.8 Å². The highest BCUT2D eigenvalue weighted by Gasteiger charge is 2.20. The fourth-order valence-electron chi connectivity index (χ4n) is 2.15. The SMILES string of the molecule is CN[C@@H]1CCCN(c2ccnc([N+](=O)[O-])c2)C1. The minimum atomic E-state index is -0.455. The Labute approximate surface area is 99.8 Å². The minimum Gasteiger partial charge on any atom is -0.370 e. The Kier molecular flexibility index (Phi) is 3.53. The van der Waals surface area contributed by atoms with E-state index in [0.29, 0.717) is 6.04 Å². The first kappa shape index (κ1) is 11.8. The summed E-state index contributed by atoms with van der Waals surface area (Å²) >= 11 is 0. The van der Waals surface area contributed by atoms with Gasteiger partial charge in [-0.3, -0.25) is 0 Å². The standard InChI is InChI=1S/C11H16N4O2/c1-12-9-3-2-6-14(8-9)10-4-5-13-11(7-10)15(16)17/h4-5,7,9,12H,2-3,6,8H2,1H3/t9-/m1/s1. The second-order valence-corrected chi connectivity index (χ2v) is 4.20. The van der Waals surface area contributed by atoms with Gasteiger partial charge in [-0.2, -0.15) is 0 Å². The lowest BCUT2D eigenvalue weighted by Crippen LogP contribution is -2.44. The highest BCUT2D eigenvalue weighted by Crippen LogP contribution is 2.22. The van der Waals surface area contributed by atoms with Crippen LogP contribution >= 0.6 is 0 Å². The van der Waals surface area contributed by atoms with Gasteiger partial charge < -0.3 is 20.3 Å². The Morgan fingerprint density at radius 2 is 2.47 bits per heavy atom. The summed E-state index contributed by atoms with van der Waals surface area (Å²) in [5.74, 6) is -0.0888. The fraction of sp³-hybridized carbons (Fsp3) is 0.545. The summed E-state index contributed by atoms with van der Waals surface area (Å²) in [5.41, 5.74) is 0.881. The van der Waals surface area contributed by atoms with Crippen molar-refractivity contribution in [3.8, 4) is 0 Å². The van der Waals surface area contributed by atoms with E-state index in [2.05, 4.69) is 15.2 Å². The molecule has 6 heteroatoms. The summed E-state index contributed by atoms with van der Waals surface area (Å²) in [6.45, 7) is 1.83. The van der Waals surface area contributed by atoms with Crippen molar-refractivity contribution < 1.29 is 4.92 Å². The van der Waals surface area contributed by atoms with Crippen molar-refractivity contribution in [1.82, 2.24) is 10.3 Å². The second-order valence-electron chi connectivity index (χ2n) is 4.20. The van der Waals surface area contributed by atoms with Gasteiger partial charge in [-0.15, -0.1) is 0 Å². The average Bonchev–Trinajstić information content (AvgIpc) is 2.39. The molecule has 1 atom stereocenters. The molecule has 1 saturated heterocycles. The molecule has 0 amide bonds. The van der Waals surface area contributed by atoms with Gasteiger partial charge in [0.1, 0.15) is 6.20 Å². The van der Waals surface area contributed by atoms with Crippen molar-refractivity contribution in [3.05, 3.63) is 28.4 Å². The van der Waals surface area contributed by atoms with Crippen LogP contribution in [0, 0.1) is 10.1 Å². The Bertz CT molecular complexity index is 410. The maximum absolute atomic E-state index is 10.7. The van der Waals surface area contributed by atoms with Gasteiger partial charge in [0, 0.05) is 30.9 Å². The summed E-state index contributed by atoms with van der Waals surface area (Å²) in [4.78, 5) is 16.1. The molecule has 1 fully saturated rings. The third kappa shape index (κ3) is 2.71. The van der Waals surface area contributed by atoms with Crippen LogP contribution in [0.3, 0.4) is 0 Å². The molecule has 1 aliphatic heterocycles. The highest BCUT2D eigenvalue weighted by molar-refractivity contribution is 5.50. The molecule has 1 aliphatic rings. The van der Waals surface area contributed by atoms with Gasteiger partial charge in [0.25, 0.3) is 0 Å². The maximum atomic E-state index is 10.7. The van der Waals surface area contributed by atoms with Crippen LogP contribution in [0.1, 0.15) is 12.8 Å². The molecule has 1 N–H and O–H groups in total. The number of piperidine rings is 1. The number of rotatable bonds is 3. The van der Waals surface area contributed by atoms with Crippen molar-refractivity contribution >= 4 is 11.5 Å². The third-order valence-corrected chi connectivity index (χ3v) is 3.11. The van der Waals surface area contributed by atoms with Crippen LogP contribution in [0.25, 0.3) is 0 Å². The average molecular weight is 236 g/mol. The van der Waals surface area contributed by atoms with Crippen LogP contribution < -0.4 is 10.2 Å². The zero-order valence-corrected chi connectivity index (χ0v) is 9.80. The summed E-state index contributed by atoms with van der Waals surface area (Å²) in [5, 5.41) is 13.9. The first-order chi connectivity index (χ1) is 8.20. The maximum Gasteiger partial charge on any atom is 0.365 e. The molecule has 1 aromatic heterocycles. The molecule has 17 heavy (non-hydrogen) atoms. The Morgan fingerprint density at radius 1 is 1.65 bits per heavy atom. The van der Waals surface area contributed by atoms with E-state index in [9.17, 15) is 10.1 Å². The first-order valence-electron chi connectivity index (χ1n) is 5.73. The number of hydrogen-bond acceptors (Lipinski definition) is 5. The molecule has 2 heterocycles. The monoisotopic (exact) mass is 236 g/mol. The number of likely N-dealkylation sites (N-methyl/N-ethyl adjacent to an activating group) is 1. The predicted molar refractivity (Wildman–Crippen MR) is 65.2 cm³/mol. The second kappa shape index (κ2) is 5.09. The quantitative estimate of drug-likeness (QED) is 0.630. The number of pyridine rings is 1.